The van der Waals surface area contributed by atoms with Crippen molar-refractivity contribution in [1.82, 2.24) is 10.6 Å². The Kier molecular flexibility index (Phi) is 5.85. The zero-order chi connectivity index (χ0) is 18.0. The highest BCUT2D eigenvalue weighted by Gasteiger charge is 2.23. The molecule has 0 saturated carbocycles. The lowest BCUT2D eigenvalue weighted by molar-refractivity contribution is -0.115. The second kappa shape index (κ2) is 7.92. The first-order valence-electron chi connectivity index (χ1n) is 7.12. The third-order valence-corrected chi connectivity index (χ3v) is 5.20. The van der Waals surface area contributed by atoms with Gasteiger partial charge in [0.25, 0.3) is 5.91 Å². The van der Waals surface area contributed by atoms with Gasteiger partial charge in [-0.2, -0.15) is 0 Å². The standard InChI is InChI=1S/C17H11ClI2N2O3/c18-11-3-1-9(2-4-11)8-25-15-12(19)5-10(6-13(15)20)7-14-16(23)22-17(24)21-14/h1-7H,8H2,(H2,21,22,23,24)/b14-7+. The predicted molar refractivity (Wildman–Crippen MR) is 112 cm³/mol. The largest absolute Gasteiger partial charge is 0.487 e. The van der Waals surface area contributed by atoms with E-state index in [1.807, 2.05) is 36.4 Å². The van der Waals surface area contributed by atoms with Gasteiger partial charge in [0, 0.05) is 5.02 Å². The molecule has 2 aromatic rings. The number of carbonyl (C=O) groups is 2. The topological polar surface area (TPSA) is 67.4 Å². The molecule has 0 atom stereocenters. The molecular formula is C17H11ClI2N2O3. The maximum Gasteiger partial charge on any atom is 0.326 e. The van der Waals surface area contributed by atoms with Crippen molar-refractivity contribution in [3.05, 3.63) is 65.4 Å². The Morgan fingerprint density at radius 3 is 2.24 bits per heavy atom. The molecule has 0 radical (unpaired) electrons. The van der Waals surface area contributed by atoms with Crippen LogP contribution in [0.5, 0.6) is 5.75 Å². The van der Waals surface area contributed by atoms with E-state index in [0.29, 0.717) is 11.6 Å². The van der Waals surface area contributed by atoms with Crippen molar-refractivity contribution >= 4 is 74.8 Å². The summed E-state index contributed by atoms with van der Waals surface area (Å²) in [6.07, 6.45) is 1.63. The van der Waals surface area contributed by atoms with Crippen molar-refractivity contribution in [2.24, 2.45) is 0 Å². The summed E-state index contributed by atoms with van der Waals surface area (Å²) >= 11 is 10.3. The molecule has 8 heteroatoms. The van der Waals surface area contributed by atoms with Crippen LogP contribution in [0.3, 0.4) is 0 Å². The highest BCUT2D eigenvalue weighted by molar-refractivity contribution is 14.1. The number of imide groups is 1. The van der Waals surface area contributed by atoms with Crippen LogP contribution in [0.4, 0.5) is 4.79 Å². The second-order valence-electron chi connectivity index (χ2n) is 5.20. The maximum absolute atomic E-state index is 11.6. The minimum atomic E-state index is -0.511. The van der Waals surface area contributed by atoms with E-state index in [-0.39, 0.29) is 5.70 Å². The number of hydrogen-bond donors (Lipinski definition) is 2. The van der Waals surface area contributed by atoms with Gasteiger partial charge in [-0.05, 0) is 86.7 Å². The zero-order valence-electron chi connectivity index (χ0n) is 12.6. The van der Waals surface area contributed by atoms with E-state index in [1.165, 1.54) is 0 Å². The van der Waals surface area contributed by atoms with Crippen LogP contribution in [0.1, 0.15) is 11.1 Å². The Hall–Kier alpha value is -1.33. The first-order chi connectivity index (χ1) is 11.9. The number of urea groups is 1. The van der Waals surface area contributed by atoms with Gasteiger partial charge >= 0.3 is 6.03 Å². The number of rotatable bonds is 4. The van der Waals surface area contributed by atoms with E-state index in [1.54, 1.807) is 6.08 Å². The van der Waals surface area contributed by atoms with Crippen molar-refractivity contribution < 1.29 is 14.3 Å². The fourth-order valence-corrected chi connectivity index (χ4v) is 4.44. The molecule has 3 amide bonds. The van der Waals surface area contributed by atoms with E-state index in [2.05, 4.69) is 55.8 Å². The summed E-state index contributed by atoms with van der Waals surface area (Å²) in [5.41, 5.74) is 2.05. The van der Waals surface area contributed by atoms with Gasteiger partial charge in [-0.25, -0.2) is 4.79 Å². The molecule has 0 aliphatic carbocycles. The fraction of sp³-hybridized carbons (Fsp3) is 0.0588. The monoisotopic (exact) mass is 580 g/mol. The average molecular weight is 581 g/mol. The summed E-state index contributed by atoms with van der Waals surface area (Å²) in [5.74, 6) is 0.344. The number of nitrogens with one attached hydrogen (secondary N) is 2. The van der Waals surface area contributed by atoms with Crippen LogP contribution < -0.4 is 15.4 Å². The van der Waals surface area contributed by atoms with Crippen molar-refractivity contribution in [3.8, 4) is 5.75 Å². The minimum Gasteiger partial charge on any atom is -0.487 e. The number of ether oxygens (including phenoxy) is 1. The van der Waals surface area contributed by atoms with Crippen molar-refractivity contribution in [3.63, 3.8) is 0 Å². The molecule has 128 valence electrons. The van der Waals surface area contributed by atoms with Crippen molar-refractivity contribution in [2.45, 2.75) is 6.61 Å². The van der Waals surface area contributed by atoms with E-state index in [9.17, 15) is 9.59 Å². The summed E-state index contributed by atoms with van der Waals surface area (Å²) in [5, 5.41) is 5.33. The third-order valence-electron chi connectivity index (χ3n) is 3.35. The van der Waals surface area contributed by atoms with E-state index in [0.717, 1.165) is 24.0 Å². The summed E-state index contributed by atoms with van der Waals surface area (Å²) in [4.78, 5) is 22.8. The molecule has 0 unspecified atom stereocenters. The number of benzene rings is 2. The van der Waals surface area contributed by atoms with Gasteiger partial charge in [-0.15, -0.1) is 0 Å². The quantitative estimate of drug-likeness (QED) is 0.322. The molecule has 0 spiro atoms. The van der Waals surface area contributed by atoms with Gasteiger partial charge in [0.05, 0.1) is 7.14 Å². The molecule has 3 rings (SSSR count). The second-order valence-corrected chi connectivity index (χ2v) is 7.96. The van der Waals surface area contributed by atoms with E-state index < -0.39 is 11.9 Å². The molecule has 2 aromatic carbocycles. The van der Waals surface area contributed by atoms with Gasteiger partial charge in [0.2, 0.25) is 0 Å². The molecule has 1 aliphatic rings. The van der Waals surface area contributed by atoms with Crippen LogP contribution in [0.2, 0.25) is 5.02 Å². The van der Waals surface area contributed by atoms with Crippen LogP contribution in [0.25, 0.3) is 6.08 Å². The van der Waals surface area contributed by atoms with Crippen LogP contribution in [-0.4, -0.2) is 11.9 Å². The molecular weight excluding hydrogens is 569 g/mol. The molecule has 5 nitrogen and oxygen atoms in total. The minimum absolute atomic E-state index is 0.228. The third kappa shape index (κ3) is 4.64. The summed E-state index contributed by atoms with van der Waals surface area (Å²) in [6.45, 7) is 0.433. The lowest BCUT2D eigenvalue weighted by Crippen LogP contribution is -2.22. The Morgan fingerprint density at radius 2 is 1.68 bits per heavy atom. The lowest BCUT2D eigenvalue weighted by Gasteiger charge is -2.12. The van der Waals surface area contributed by atoms with Gasteiger partial charge in [0.15, 0.2) is 0 Å². The molecule has 0 aromatic heterocycles. The van der Waals surface area contributed by atoms with E-state index >= 15 is 0 Å². The zero-order valence-corrected chi connectivity index (χ0v) is 17.7. The van der Waals surface area contributed by atoms with Crippen molar-refractivity contribution in [1.29, 1.82) is 0 Å². The van der Waals surface area contributed by atoms with Crippen molar-refractivity contribution in [2.75, 3.05) is 0 Å². The Balaban J connectivity index is 1.78. The van der Waals surface area contributed by atoms with Gasteiger partial charge in [-0.1, -0.05) is 23.7 Å². The number of hydrogen-bond acceptors (Lipinski definition) is 3. The summed E-state index contributed by atoms with van der Waals surface area (Å²) in [7, 11) is 0. The lowest BCUT2D eigenvalue weighted by atomic mass is 10.2. The first kappa shape index (κ1) is 18.5. The molecule has 1 saturated heterocycles. The van der Waals surface area contributed by atoms with Crippen LogP contribution in [0.15, 0.2) is 42.1 Å². The molecule has 1 heterocycles. The molecule has 2 N–H and O–H groups in total. The average Bonchev–Trinajstić information content (AvgIpc) is 2.86. The van der Waals surface area contributed by atoms with Gasteiger partial charge in [-0.3, -0.25) is 10.1 Å². The SMILES string of the molecule is O=C1NC(=O)/C(=C\c2cc(I)c(OCc3ccc(Cl)cc3)c(I)c2)N1. The first-order valence-corrected chi connectivity index (χ1v) is 9.66. The van der Waals surface area contributed by atoms with E-state index in [4.69, 9.17) is 16.3 Å². The molecule has 1 fully saturated rings. The van der Waals surface area contributed by atoms with Gasteiger partial charge < -0.3 is 10.1 Å². The molecule has 1 aliphatic heterocycles. The summed E-state index contributed by atoms with van der Waals surface area (Å²) in [6, 6.07) is 10.8. The predicted octanol–water partition coefficient (Wildman–Crippen LogP) is 4.31. The molecule has 0 bridgehead atoms. The number of halogens is 3. The van der Waals surface area contributed by atoms with Gasteiger partial charge in [0.1, 0.15) is 18.1 Å². The van der Waals surface area contributed by atoms with Crippen LogP contribution in [-0.2, 0) is 11.4 Å². The smallest absolute Gasteiger partial charge is 0.326 e. The van der Waals surface area contributed by atoms with Crippen LogP contribution in [0, 0.1) is 7.14 Å². The Labute approximate surface area is 176 Å². The Bertz CT molecular complexity index is 859. The highest BCUT2D eigenvalue weighted by Crippen LogP contribution is 2.30. The van der Waals surface area contributed by atoms with Crippen LogP contribution >= 0.6 is 56.8 Å². The fourth-order valence-electron chi connectivity index (χ4n) is 2.19. The summed E-state index contributed by atoms with van der Waals surface area (Å²) < 4.78 is 7.75. The number of amides is 3. The highest BCUT2D eigenvalue weighted by atomic mass is 127. The maximum atomic E-state index is 11.6. The molecule has 25 heavy (non-hydrogen) atoms. The number of carbonyl (C=O) groups excluding carboxylic acids is 2. The normalized spacial score (nSPS) is 15.2. The Morgan fingerprint density at radius 1 is 1.04 bits per heavy atom.